The third kappa shape index (κ3) is 3.02. The van der Waals surface area contributed by atoms with Crippen LogP contribution in [0.25, 0.3) is 11.1 Å². The van der Waals surface area contributed by atoms with Crippen molar-refractivity contribution in [1.29, 1.82) is 0 Å². The number of urea groups is 1. The molecule has 0 spiro atoms. The number of amides is 2. The van der Waals surface area contributed by atoms with E-state index in [2.05, 4.69) is 15.7 Å². The van der Waals surface area contributed by atoms with E-state index in [1.165, 1.54) is 4.57 Å². The van der Waals surface area contributed by atoms with Crippen LogP contribution in [0.4, 0.5) is 10.5 Å². The molecule has 3 aromatic rings. The Morgan fingerprint density at radius 1 is 1.28 bits per heavy atom. The van der Waals surface area contributed by atoms with Crippen LogP contribution in [0.1, 0.15) is 29.9 Å². The third-order valence-electron chi connectivity index (χ3n) is 4.39. The van der Waals surface area contributed by atoms with Crippen LogP contribution >= 0.6 is 0 Å². The second-order valence-electron chi connectivity index (χ2n) is 6.14. The Balaban J connectivity index is 1.76. The first-order valence-electron chi connectivity index (χ1n) is 7.95. The second-order valence-corrected chi connectivity index (χ2v) is 6.14. The number of fused-ring (bicyclic) bond motifs is 1. The van der Waals surface area contributed by atoms with Crippen molar-refractivity contribution in [3.05, 3.63) is 45.7 Å². The molecule has 0 fully saturated rings. The van der Waals surface area contributed by atoms with E-state index in [0.29, 0.717) is 16.8 Å². The fourth-order valence-electron chi connectivity index (χ4n) is 3.06. The molecule has 132 valence electrons. The van der Waals surface area contributed by atoms with Gasteiger partial charge in [0.15, 0.2) is 5.58 Å². The Morgan fingerprint density at radius 3 is 2.64 bits per heavy atom. The zero-order valence-corrected chi connectivity index (χ0v) is 14.9. The SMILES string of the molecule is Cc1nn(C)c(C)c1[C@@H](C)NC(=O)Nc1ccc2oc(=O)n(C)c2c1. The topological polar surface area (TPSA) is 94.1 Å². The van der Waals surface area contributed by atoms with Crippen LogP contribution in [0.5, 0.6) is 0 Å². The maximum absolute atomic E-state index is 12.3. The van der Waals surface area contributed by atoms with Crippen molar-refractivity contribution in [2.45, 2.75) is 26.8 Å². The van der Waals surface area contributed by atoms with Gasteiger partial charge in [-0.05, 0) is 39.0 Å². The number of hydrogen-bond donors (Lipinski definition) is 2. The van der Waals surface area contributed by atoms with E-state index < -0.39 is 5.76 Å². The summed E-state index contributed by atoms with van der Waals surface area (Å²) in [6, 6.07) is 4.53. The smallest absolute Gasteiger partial charge is 0.408 e. The molecule has 0 bridgehead atoms. The highest BCUT2D eigenvalue weighted by Gasteiger charge is 2.18. The Kier molecular flexibility index (Phi) is 4.12. The molecule has 0 saturated heterocycles. The van der Waals surface area contributed by atoms with Crippen LogP contribution in [-0.2, 0) is 14.1 Å². The minimum atomic E-state index is -0.437. The first-order chi connectivity index (χ1) is 11.8. The van der Waals surface area contributed by atoms with Crippen molar-refractivity contribution < 1.29 is 9.21 Å². The maximum atomic E-state index is 12.3. The summed E-state index contributed by atoms with van der Waals surface area (Å²) in [5, 5.41) is 10.1. The number of oxazole rings is 1. The summed E-state index contributed by atoms with van der Waals surface area (Å²) in [5.41, 5.74) is 4.59. The summed E-state index contributed by atoms with van der Waals surface area (Å²) in [6.07, 6.45) is 0. The number of rotatable bonds is 3. The fraction of sp³-hybridized carbons (Fsp3) is 0.353. The van der Waals surface area contributed by atoms with Gasteiger partial charge in [0.2, 0.25) is 0 Å². The molecule has 2 N–H and O–H groups in total. The molecule has 1 atom stereocenters. The Bertz CT molecular complexity index is 1010. The van der Waals surface area contributed by atoms with E-state index >= 15 is 0 Å². The lowest BCUT2D eigenvalue weighted by Gasteiger charge is -2.15. The number of nitrogens with one attached hydrogen (secondary N) is 2. The van der Waals surface area contributed by atoms with Crippen molar-refractivity contribution in [2.75, 3.05) is 5.32 Å². The Morgan fingerprint density at radius 2 is 2.00 bits per heavy atom. The Hall–Kier alpha value is -3.03. The predicted molar refractivity (Wildman–Crippen MR) is 94.7 cm³/mol. The average molecular weight is 343 g/mol. The van der Waals surface area contributed by atoms with Crippen molar-refractivity contribution in [1.82, 2.24) is 19.7 Å². The lowest BCUT2D eigenvalue weighted by molar-refractivity contribution is 0.249. The van der Waals surface area contributed by atoms with Gasteiger partial charge in [0, 0.05) is 31.0 Å². The molecule has 0 saturated carbocycles. The number of anilines is 1. The number of carbonyl (C=O) groups excluding carboxylic acids is 1. The second kappa shape index (κ2) is 6.12. The van der Waals surface area contributed by atoms with E-state index in [1.54, 1.807) is 29.9 Å². The van der Waals surface area contributed by atoms with E-state index in [0.717, 1.165) is 17.0 Å². The molecule has 0 aliphatic heterocycles. The van der Waals surface area contributed by atoms with E-state index in [4.69, 9.17) is 4.42 Å². The molecule has 8 nitrogen and oxygen atoms in total. The molecular weight excluding hydrogens is 322 g/mol. The zero-order valence-electron chi connectivity index (χ0n) is 14.9. The molecule has 0 radical (unpaired) electrons. The number of benzene rings is 1. The molecule has 0 aliphatic rings. The standard InChI is InChI=1S/C17H21N5O3/c1-9(15-10(2)20-22(5)11(15)3)18-16(23)19-12-6-7-14-13(8-12)21(4)17(24)25-14/h6-9H,1-5H3,(H2,18,19,23)/t9-/m1/s1. The van der Waals surface area contributed by atoms with Crippen LogP contribution in [-0.4, -0.2) is 20.4 Å². The van der Waals surface area contributed by atoms with Gasteiger partial charge in [0.25, 0.3) is 0 Å². The van der Waals surface area contributed by atoms with E-state index in [-0.39, 0.29) is 12.1 Å². The highest BCUT2D eigenvalue weighted by molar-refractivity contribution is 5.91. The first-order valence-corrected chi connectivity index (χ1v) is 7.95. The molecule has 2 aromatic heterocycles. The largest absolute Gasteiger partial charge is 0.419 e. The average Bonchev–Trinajstić information content (AvgIpc) is 2.96. The molecule has 1 aromatic carbocycles. The highest BCUT2D eigenvalue weighted by Crippen LogP contribution is 2.21. The summed E-state index contributed by atoms with van der Waals surface area (Å²) in [4.78, 5) is 23.8. The maximum Gasteiger partial charge on any atom is 0.419 e. The Labute approximate surface area is 144 Å². The van der Waals surface area contributed by atoms with Crippen molar-refractivity contribution in [2.24, 2.45) is 14.1 Å². The predicted octanol–water partition coefficient (Wildman–Crippen LogP) is 2.36. The van der Waals surface area contributed by atoms with Crippen LogP contribution in [0.2, 0.25) is 0 Å². The van der Waals surface area contributed by atoms with Gasteiger partial charge < -0.3 is 15.1 Å². The molecule has 2 heterocycles. The van der Waals surface area contributed by atoms with Gasteiger partial charge >= 0.3 is 11.8 Å². The van der Waals surface area contributed by atoms with Crippen molar-refractivity contribution in [3.63, 3.8) is 0 Å². The lowest BCUT2D eigenvalue weighted by Crippen LogP contribution is -2.31. The van der Waals surface area contributed by atoms with Gasteiger partial charge in [0.1, 0.15) is 0 Å². The van der Waals surface area contributed by atoms with Gasteiger partial charge in [-0.15, -0.1) is 0 Å². The lowest BCUT2D eigenvalue weighted by atomic mass is 10.1. The van der Waals surface area contributed by atoms with Gasteiger partial charge in [-0.25, -0.2) is 9.59 Å². The molecule has 0 unspecified atom stereocenters. The molecule has 25 heavy (non-hydrogen) atoms. The minimum Gasteiger partial charge on any atom is -0.408 e. The summed E-state index contributed by atoms with van der Waals surface area (Å²) in [6.45, 7) is 5.81. The third-order valence-corrected chi connectivity index (χ3v) is 4.39. The number of carbonyl (C=O) groups is 1. The first kappa shape index (κ1) is 16.8. The number of nitrogens with zero attached hydrogens (tertiary/aromatic N) is 3. The normalized spacial score (nSPS) is 12.4. The summed E-state index contributed by atoms with van der Waals surface area (Å²) >= 11 is 0. The molecule has 2 amide bonds. The number of hydrogen-bond acceptors (Lipinski definition) is 4. The molecular formula is C17H21N5O3. The van der Waals surface area contributed by atoms with Gasteiger partial charge in [-0.3, -0.25) is 9.25 Å². The molecule has 8 heteroatoms. The number of aryl methyl sites for hydroxylation is 3. The zero-order chi connectivity index (χ0) is 18.3. The van der Waals surface area contributed by atoms with Crippen molar-refractivity contribution in [3.8, 4) is 0 Å². The highest BCUT2D eigenvalue weighted by atomic mass is 16.4. The minimum absolute atomic E-state index is 0.185. The van der Waals surface area contributed by atoms with Gasteiger partial charge in [-0.2, -0.15) is 5.10 Å². The van der Waals surface area contributed by atoms with Gasteiger partial charge in [-0.1, -0.05) is 0 Å². The summed E-state index contributed by atoms with van der Waals surface area (Å²) < 4.78 is 8.27. The van der Waals surface area contributed by atoms with Crippen LogP contribution in [0, 0.1) is 13.8 Å². The van der Waals surface area contributed by atoms with Crippen LogP contribution < -0.4 is 16.4 Å². The fourth-order valence-corrected chi connectivity index (χ4v) is 3.06. The van der Waals surface area contributed by atoms with E-state index in [9.17, 15) is 9.59 Å². The van der Waals surface area contributed by atoms with Gasteiger partial charge in [0.05, 0.1) is 17.3 Å². The summed E-state index contributed by atoms with van der Waals surface area (Å²) in [5.74, 6) is -0.437. The number of aromatic nitrogens is 3. The van der Waals surface area contributed by atoms with Crippen LogP contribution in [0.3, 0.4) is 0 Å². The van der Waals surface area contributed by atoms with E-state index in [1.807, 2.05) is 27.8 Å². The molecule has 3 rings (SSSR count). The summed E-state index contributed by atoms with van der Waals surface area (Å²) in [7, 11) is 3.50. The molecule has 0 aliphatic carbocycles. The van der Waals surface area contributed by atoms with Crippen molar-refractivity contribution >= 4 is 22.8 Å². The quantitative estimate of drug-likeness (QED) is 0.763. The van der Waals surface area contributed by atoms with Crippen LogP contribution in [0.15, 0.2) is 27.4 Å². The monoisotopic (exact) mass is 343 g/mol.